The van der Waals surface area contributed by atoms with Gasteiger partial charge in [0.05, 0.1) is 15.6 Å². The predicted molar refractivity (Wildman–Crippen MR) is 70.4 cm³/mol. The topological polar surface area (TPSA) is 66.4 Å². The van der Waals surface area contributed by atoms with E-state index < -0.39 is 10.0 Å². The number of phenolic OH excluding ortho intramolecular Hbond substituents is 1. The van der Waals surface area contributed by atoms with Crippen LogP contribution in [0.3, 0.4) is 0 Å². The van der Waals surface area contributed by atoms with Gasteiger partial charge in [0.25, 0.3) is 10.0 Å². The Morgan fingerprint density at radius 2 is 1.67 bits per heavy atom. The van der Waals surface area contributed by atoms with Crippen LogP contribution in [0.2, 0.25) is 5.02 Å². The van der Waals surface area contributed by atoms with Gasteiger partial charge in [0.15, 0.2) is 5.75 Å². The average Bonchev–Trinajstić information content (AvgIpc) is 2.36. The lowest BCUT2D eigenvalue weighted by Gasteiger charge is -2.10. The second-order valence-electron chi connectivity index (χ2n) is 3.55. The van der Waals surface area contributed by atoms with Gasteiger partial charge < -0.3 is 5.11 Å². The monoisotopic (exact) mass is 283 g/mol. The van der Waals surface area contributed by atoms with Gasteiger partial charge in [-0.15, -0.1) is 0 Å². The van der Waals surface area contributed by atoms with Crippen molar-refractivity contribution in [2.75, 3.05) is 4.72 Å². The Kier molecular flexibility index (Phi) is 3.45. The fourth-order valence-electron chi connectivity index (χ4n) is 1.40. The third-order valence-electron chi connectivity index (χ3n) is 2.28. The molecule has 0 spiro atoms. The molecule has 6 heteroatoms. The van der Waals surface area contributed by atoms with Crippen molar-refractivity contribution >= 4 is 27.3 Å². The van der Waals surface area contributed by atoms with Gasteiger partial charge >= 0.3 is 0 Å². The molecule has 0 radical (unpaired) electrons. The molecule has 0 aliphatic rings. The van der Waals surface area contributed by atoms with Gasteiger partial charge in [-0.05, 0) is 24.3 Å². The highest BCUT2D eigenvalue weighted by Crippen LogP contribution is 2.32. The van der Waals surface area contributed by atoms with E-state index in [0.717, 1.165) is 0 Å². The van der Waals surface area contributed by atoms with E-state index in [9.17, 15) is 13.5 Å². The number of sulfonamides is 1. The molecule has 0 unspecified atom stereocenters. The minimum atomic E-state index is -3.72. The van der Waals surface area contributed by atoms with Gasteiger partial charge in [-0.1, -0.05) is 35.9 Å². The van der Waals surface area contributed by atoms with Gasteiger partial charge in [-0.2, -0.15) is 0 Å². The second kappa shape index (κ2) is 4.88. The van der Waals surface area contributed by atoms with E-state index in [1.807, 2.05) is 0 Å². The highest BCUT2D eigenvalue weighted by Gasteiger charge is 2.16. The second-order valence-corrected chi connectivity index (χ2v) is 5.64. The molecule has 0 atom stereocenters. The van der Waals surface area contributed by atoms with E-state index >= 15 is 0 Å². The van der Waals surface area contributed by atoms with Crippen LogP contribution in [-0.4, -0.2) is 13.5 Å². The highest BCUT2D eigenvalue weighted by atomic mass is 35.5. The summed E-state index contributed by atoms with van der Waals surface area (Å²) in [6.45, 7) is 0. The van der Waals surface area contributed by atoms with E-state index in [2.05, 4.69) is 4.72 Å². The smallest absolute Gasteiger partial charge is 0.262 e. The first-order chi connectivity index (χ1) is 8.50. The molecule has 94 valence electrons. The van der Waals surface area contributed by atoms with Crippen molar-refractivity contribution in [1.29, 1.82) is 0 Å². The summed E-state index contributed by atoms with van der Waals surface area (Å²) in [6.07, 6.45) is 0. The lowest BCUT2D eigenvalue weighted by atomic mass is 10.3. The number of nitrogens with one attached hydrogen (secondary N) is 1. The molecule has 4 nitrogen and oxygen atoms in total. The maximum Gasteiger partial charge on any atom is 0.262 e. The quantitative estimate of drug-likeness (QED) is 0.851. The summed E-state index contributed by atoms with van der Waals surface area (Å²) in [5.74, 6) is -0.293. The SMILES string of the molecule is O=S(=O)(Nc1cccc(Cl)c1O)c1ccccc1. The molecule has 2 aromatic carbocycles. The number of benzene rings is 2. The zero-order valence-corrected chi connectivity index (χ0v) is 10.7. The number of hydrogen-bond acceptors (Lipinski definition) is 3. The number of hydrogen-bond donors (Lipinski definition) is 2. The van der Waals surface area contributed by atoms with Crippen LogP contribution in [0, 0.1) is 0 Å². The van der Waals surface area contributed by atoms with Gasteiger partial charge in [-0.3, -0.25) is 4.72 Å². The zero-order valence-electron chi connectivity index (χ0n) is 9.17. The van der Waals surface area contributed by atoms with Crippen molar-refractivity contribution in [2.45, 2.75) is 4.90 Å². The molecule has 2 aromatic rings. The predicted octanol–water partition coefficient (Wildman–Crippen LogP) is 2.85. The van der Waals surface area contributed by atoms with Crippen molar-refractivity contribution in [2.24, 2.45) is 0 Å². The minimum absolute atomic E-state index is 0.0475. The number of para-hydroxylation sites is 1. The Morgan fingerprint density at radius 1 is 1.00 bits per heavy atom. The van der Waals surface area contributed by atoms with Gasteiger partial charge in [0.1, 0.15) is 0 Å². The lowest BCUT2D eigenvalue weighted by Crippen LogP contribution is -2.12. The summed E-state index contributed by atoms with van der Waals surface area (Å²) in [5.41, 5.74) is 0.0475. The molecule has 2 rings (SSSR count). The first-order valence-corrected chi connectivity index (χ1v) is 6.92. The average molecular weight is 284 g/mol. The van der Waals surface area contributed by atoms with E-state index in [0.29, 0.717) is 0 Å². The summed E-state index contributed by atoms with van der Waals surface area (Å²) in [4.78, 5) is 0.115. The molecule has 0 aliphatic carbocycles. The molecule has 0 saturated heterocycles. The summed E-state index contributed by atoms with van der Waals surface area (Å²) in [5, 5.41) is 9.74. The molecular weight excluding hydrogens is 274 g/mol. The van der Waals surface area contributed by atoms with Crippen molar-refractivity contribution in [3.63, 3.8) is 0 Å². The molecule has 0 amide bonds. The Hall–Kier alpha value is -1.72. The third-order valence-corrected chi connectivity index (χ3v) is 3.97. The van der Waals surface area contributed by atoms with Crippen LogP contribution in [0.15, 0.2) is 53.4 Å². The van der Waals surface area contributed by atoms with Crippen LogP contribution in [0.1, 0.15) is 0 Å². The van der Waals surface area contributed by atoms with Crippen LogP contribution < -0.4 is 4.72 Å². The molecule has 0 aromatic heterocycles. The fourth-order valence-corrected chi connectivity index (χ4v) is 2.66. The van der Waals surface area contributed by atoms with Crippen molar-refractivity contribution in [3.05, 3.63) is 53.6 Å². The Bertz CT molecular complexity index is 656. The van der Waals surface area contributed by atoms with Crippen LogP contribution in [0.25, 0.3) is 0 Å². The molecule has 18 heavy (non-hydrogen) atoms. The summed E-state index contributed by atoms with van der Waals surface area (Å²) < 4.78 is 26.3. The fraction of sp³-hybridized carbons (Fsp3) is 0. The number of halogens is 1. The number of aromatic hydroxyl groups is 1. The first kappa shape index (κ1) is 12.7. The van der Waals surface area contributed by atoms with E-state index in [1.165, 1.54) is 24.3 Å². The highest BCUT2D eigenvalue weighted by molar-refractivity contribution is 7.92. The number of anilines is 1. The first-order valence-electron chi connectivity index (χ1n) is 5.06. The van der Waals surface area contributed by atoms with Crippen LogP contribution in [0.4, 0.5) is 5.69 Å². The maximum absolute atomic E-state index is 12.0. The molecule has 0 bridgehead atoms. The number of phenols is 1. The van der Waals surface area contributed by atoms with Gasteiger partial charge in [-0.25, -0.2) is 8.42 Å². The van der Waals surface area contributed by atoms with Crippen LogP contribution in [-0.2, 0) is 10.0 Å². The van der Waals surface area contributed by atoms with E-state index in [1.54, 1.807) is 24.3 Å². The Balaban J connectivity index is 2.37. The summed E-state index contributed by atoms with van der Waals surface area (Å²) in [6, 6.07) is 12.3. The maximum atomic E-state index is 12.0. The van der Waals surface area contributed by atoms with Crippen LogP contribution in [0.5, 0.6) is 5.75 Å². The third kappa shape index (κ3) is 2.57. The van der Waals surface area contributed by atoms with E-state index in [4.69, 9.17) is 11.6 Å². The summed E-state index contributed by atoms with van der Waals surface area (Å²) in [7, 11) is -3.72. The molecule has 2 N–H and O–H groups in total. The normalized spacial score (nSPS) is 11.2. The van der Waals surface area contributed by atoms with Gasteiger partial charge in [0.2, 0.25) is 0 Å². The molecule has 0 saturated carbocycles. The van der Waals surface area contributed by atoms with E-state index in [-0.39, 0.29) is 21.4 Å². The Labute approximate surface area is 110 Å². The molecular formula is C12H10ClNO3S. The molecule has 0 heterocycles. The van der Waals surface area contributed by atoms with Gasteiger partial charge in [0, 0.05) is 0 Å². The molecule has 0 aliphatic heterocycles. The minimum Gasteiger partial charge on any atom is -0.504 e. The van der Waals surface area contributed by atoms with Crippen molar-refractivity contribution in [3.8, 4) is 5.75 Å². The Morgan fingerprint density at radius 3 is 2.33 bits per heavy atom. The van der Waals surface area contributed by atoms with Crippen LogP contribution >= 0.6 is 11.6 Å². The zero-order chi connectivity index (χ0) is 13.2. The standard InChI is InChI=1S/C12H10ClNO3S/c13-10-7-4-8-11(12(10)15)14-18(16,17)9-5-2-1-3-6-9/h1-8,14-15H. The number of rotatable bonds is 3. The van der Waals surface area contributed by atoms with Crippen molar-refractivity contribution < 1.29 is 13.5 Å². The largest absolute Gasteiger partial charge is 0.504 e. The summed E-state index contributed by atoms with van der Waals surface area (Å²) >= 11 is 5.70. The molecule has 0 fully saturated rings. The van der Waals surface area contributed by atoms with Crippen molar-refractivity contribution in [1.82, 2.24) is 0 Å². The lowest BCUT2D eigenvalue weighted by molar-refractivity contribution is 0.478.